The van der Waals surface area contributed by atoms with Crippen LogP contribution in [0.1, 0.15) is 16.8 Å². The number of ketones is 1. The summed E-state index contributed by atoms with van der Waals surface area (Å²) >= 11 is 1.87. The van der Waals surface area contributed by atoms with Gasteiger partial charge in [-0.05, 0) is 24.3 Å². The molecule has 6 heteroatoms. The lowest BCUT2D eigenvalue weighted by molar-refractivity contribution is 0.0958. The number of para-hydroxylation sites is 2. The summed E-state index contributed by atoms with van der Waals surface area (Å²) in [6, 6.07) is 11.3. The van der Waals surface area contributed by atoms with Gasteiger partial charge in [-0.3, -0.25) is 14.7 Å². The van der Waals surface area contributed by atoms with Gasteiger partial charge in [0.1, 0.15) is 6.61 Å². The van der Waals surface area contributed by atoms with Gasteiger partial charge in [0.05, 0.1) is 12.5 Å². The third kappa shape index (κ3) is 4.74. The fourth-order valence-corrected chi connectivity index (χ4v) is 3.98. The molecule has 1 aromatic heterocycles. The molecule has 0 amide bonds. The summed E-state index contributed by atoms with van der Waals surface area (Å²) in [5.41, 5.74) is 0.677. The van der Waals surface area contributed by atoms with Crippen molar-refractivity contribution in [3.8, 4) is 11.5 Å². The quantitative estimate of drug-likeness (QED) is 0.676. The number of carbonyl (C=O) groups is 1. The number of Topliss-reactive ketones (excluding diaryl/α,β-unsaturated/α-hetero) is 1. The van der Waals surface area contributed by atoms with Gasteiger partial charge in [-0.1, -0.05) is 12.1 Å². The van der Waals surface area contributed by atoms with Gasteiger partial charge in [0.2, 0.25) is 0 Å². The maximum absolute atomic E-state index is 12.2. The number of hydrogen-bond donors (Lipinski definition) is 0. The second kappa shape index (κ2) is 8.87. The summed E-state index contributed by atoms with van der Waals surface area (Å²) in [5, 5.41) is 0.256. The zero-order valence-electron chi connectivity index (χ0n) is 14.3. The topological polar surface area (TPSA) is 51.7 Å². The van der Waals surface area contributed by atoms with E-state index < -0.39 is 0 Å². The number of carbonyl (C=O) groups excluding carboxylic acids is 1. The van der Waals surface area contributed by atoms with Crippen molar-refractivity contribution in [2.45, 2.75) is 11.8 Å². The molecule has 1 saturated heterocycles. The molecule has 1 fully saturated rings. The van der Waals surface area contributed by atoms with Crippen LogP contribution in [0.3, 0.4) is 0 Å². The second-order valence-corrected chi connectivity index (χ2v) is 7.02. The fraction of sp³-hybridized carbons (Fsp3) is 0.368. The number of nitrogens with zero attached hydrogens (tertiary/aromatic N) is 2. The third-order valence-corrected chi connectivity index (χ3v) is 5.39. The molecule has 5 nitrogen and oxygen atoms in total. The summed E-state index contributed by atoms with van der Waals surface area (Å²) in [5.74, 6) is 2.68. The van der Waals surface area contributed by atoms with Gasteiger partial charge in [0, 0.05) is 43.2 Å². The molecule has 1 aliphatic rings. The lowest BCUT2D eigenvalue weighted by atomic mass is 10.1. The van der Waals surface area contributed by atoms with Crippen LogP contribution in [0, 0.1) is 0 Å². The van der Waals surface area contributed by atoms with Crippen molar-refractivity contribution in [3.05, 3.63) is 54.4 Å². The molecule has 3 rings (SSSR count). The zero-order valence-corrected chi connectivity index (χ0v) is 15.1. The molecule has 132 valence electrons. The SMILES string of the molecule is COc1ccccc1OC[C@H]1SCCN1CCC(=O)c1cccnc1. The highest BCUT2D eigenvalue weighted by atomic mass is 32.2. The number of hydrogen-bond acceptors (Lipinski definition) is 6. The van der Waals surface area contributed by atoms with Crippen molar-refractivity contribution in [3.63, 3.8) is 0 Å². The van der Waals surface area contributed by atoms with Crippen LogP contribution in [0.4, 0.5) is 0 Å². The maximum atomic E-state index is 12.2. The summed E-state index contributed by atoms with van der Waals surface area (Å²) in [6.45, 7) is 2.29. The number of thioether (sulfide) groups is 1. The zero-order chi connectivity index (χ0) is 17.5. The minimum absolute atomic E-state index is 0.134. The van der Waals surface area contributed by atoms with Crippen LogP contribution >= 0.6 is 11.8 Å². The molecule has 1 aliphatic heterocycles. The molecule has 1 aromatic carbocycles. The first kappa shape index (κ1) is 17.8. The minimum atomic E-state index is 0.134. The van der Waals surface area contributed by atoms with Gasteiger partial charge < -0.3 is 9.47 Å². The molecule has 0 aliphatic carbocycles. The summed E-state index contributed by atoms with van der Waals surface area (Å²) < 4.78 is 11.3. The Morgan fingerprint density at radius 2 is 2.12 bits per heavy atom. The minimum Gasteiger partial charge on any atom is -0.493 e. The van der Waals surface area contributed by atoms with Gasteiger partial charge in [-0.2, -0.15) is 0 Å². The summed E-state index contributed by atoms with van der Waals surface area (Å²) in [4.78, 5) is 18.6. The lowest BCUT2D eigenvalue weighted by Crippen LogP contribution is -2.34. The maximum Gasteiger partial charge on any atom is 0.165 e. The fourth-order valence-electron chi connectivity index (χ4n) is 2.78. The molecule has 0 radical (unpaired) electrons. The molecule has 25 heavy (non-hydrogen) atoms. The molecule has 0 saturated carbocycles. The average Bonchev–Trinajstić information content (AvgIpc) is 3.12. The predicted octanol–water partition coefficient (Wildman–Crippen LogP) is 3.12. The summed E-state index contributed by atoms with van der Waals surface area (Å²) in [6.07, 6.45) is 3.81. The Balaban J connectivity index is 1.51. The highest BCUT2D eigenvalue weighted by Crippen LogP contribution is 2.29. The smallest absolute Gasteiger partial charge is 0.165 e. The van der Waals surface area contributed by atoms with Crippen molar-refractivity contribution in [2.24, 2.45) is 0 Å². The standard InChI is InChI=1S/C19H22N2O3S/c1-23-17-6-2-3-7-18(17)24-14-19-21(11-12-25-19)10-8-16(22)15-5-4-9-20-13-15/h2-7,9,13,19H,8,10-12,14H2,1H3/t19-/m1/s1. The Morgan fingerprint density at radius 3 is 2.88 bits per heavy atom. The van der Waals surface area contributed by atoms with Crippen LogP contribution in [0.15, 0.2) is 48.8 Å². The van der Waals surface area contributed by atoms with Crippen molar-refractivity contribution in [2.75, 3.05) is 32.6 Å². The van der Waals surface area contributed by atoms with Gasteiger partial charge in [0.25, 0.3) is 0 Å². The van der Waals surface area contributed by atoms with E-state index in [1.54, 1.807) is 25.6 Å². The monoisotopic (exact) mass is 358 g/mol. The number of rotatable bonds is 8. The summed E-state index contributed by atoms with van der Waals surface area (Å²) in [7, 11) is 1.64. The van der Waals surface area contributed by atoms with E-state index in [1.165, 1.54) is 0 Å². The molecule has 0 bridgehead atoms. The molecule has 2 aromatic rings. The van der Waals surface area contributed by atoms with Gasteiger partial charge in [0.15, 0.2) is 17.3 Å². The Labute approximate surface area is 152 Å². The van der Waals surface area contributed by atoms with Crippen molar-refractivity contribution in [1.29, 1.82) is 0 Å². The molecule has 0 unspecified atom stereocenters. The van der Waals surface area contributed by atoms with Gasteiger partial charge >= 0.3 is 0 Å². The molecule has 1 atom stereocenters. The molecular formula is C19H22N2O3S. The first-order valence-corrected chi connectivity index (χ1v) is 9.37. The molecule has 2 heterocycles. The highest BCUT2D eigenvalue weighted by molar-refractivity contribution is 8.00. The van der Waals surface area contributed by atoms with Crippen molar-refractivity contribution >= 4 is 17.5 Å². The van der Waals surface area contributed by atoms with E-state index in [0.29, 0.717) is 18.6 Å². The van der Waals surface area contributed by atoms with E-state index >= 15 is 0 Å². The number of ether oxygens (including phenoxy) is 2. The van der Waals surface area contributed by atoms with Crippen molar-refractivity contribution < 1.29 is 14.3 Å². The highest BCUT2D eigenvalue weighted by Gasteiger charge is 2.26. The largest absolute Gasteiger partial charge is 0.493 e. The van der Waals surface area contributed by atoms with Gasteiger partial charge in [-0.15, -0.1) is 11.8 Å². The normalized spacial score (nSPS) is 17.4. The Morgan fingerprint density at radius 1 is 1.28 bits per heavy atom. The Kier molecular flexibility index (Phi) is 6.30. The van der Waals surface area contributed by atoms with Crippen LogP contribution in [-0.2, 0) is 0 Å². The second-order valence-electron chi connectivity index (χ2n) is 5.74. The van der Waals surface area contributed by atoms with E-state index in [0.717, 1.165) is 30.3 Å². The van der Waals surface area contributed by atoms with E-state index in [2.05, 4.69) is 9.88 Å². The van der Waals surface area contributed by atoms with E-state index in [1.807, 2.05) is 42.1 Å². The van der Waals surface area contributed by atoms with Crippen LogP contribution < -0.4 is 9.47 Å². The van der Waals surface area contributed by atoms with Crippen LogP contribution in [0.2, 0.25) is 0 Å². The average molecular weight is 358 g/mol. The molecule has 0 spiro atoms. The Bertz CT molecular complexity index is 696. The van der Waals surface area contributed by atoms with E-state index in [9.17, 15) is 4.79 Å². The number of pyridine rings is 1. The lowest BCUT2D eigenvalue weighted by Gasteiger charge is -2.23. The molecule has 0 N–H and O–H groups in total. The van der Waals surface area contributed by atoms with Crippen LogP contribution in [0.25, 0.3) is 0 Å². The van der Waals surface area contributed by atoms with Crippen LogP contribution in [-0.4, -0.2) is 53.6 Å². The number of methoxy groups -OCH3 is 1. The van der Waals surface area contributed by atoms with Crippen molar-refractivity contribution in [1.82, 2.24) is 9.88 Å². The van der Waals surface area contributed by atoms with E-state index in [-0.39, 0.29) is 11.2 Å². The first-order chi connectivity index (χ1) is 12.3. The first-order valence-electron chi connectivity index (χ1n) is 8.32. The number of benzene rings is 1. The predicted molar refractivity (Wildman–Crippen MR) is 99.5 cm³/mol. The Hall–Kier alpha value is -2.05. The van der Waals surface area contributed by atoms with E-state index in [4.69, 9.17) is 9.47 Å². The van der Waals surface area contributed by atoms with Crippen LogP contribution in [0.5, 0.6) is 11.5 Å². The number of aromatic nitrogens is 1. The van der Waals surface area contributed by atoms with Gasteiger partial charge in [-0.25, -0.2) is 0 Å². The third-order valence-electron chi connectivity index (χ3n) is 4.16. The molecular weight excluding hydrogens is 336 g/mol.